The van der Waals surface area contributed by atoms with Crippen molar-refractivity contribution in [1.29, 1.82) is 0 Å². The summed E-state index contributed by atoms with van der Waals surface area (Å²) in [7, 11) is 0. The lowest BCUT2D eigenvalue weighted by Gasteiger charge is -2.58. The van der Waals surface area contributed by atoms with Crippen LogP contribution in [0.15, 0.2) is 47.1 Å². The first-order chi connectivity index (χ1) is 21.8. The summed E-state index contributed by atoms with van der Waals surface area (Å²) in [4.78, 5) is 43.2. The van der Waals surface area contributed by atoms with Crippen LogP contribution in [0.5, 0.6) is 0 Å². The molecule has 0 bridgehead atoms. The number of carbonyl (C=O) groups excluding carboxylic acids is 2. The number of oxime groups is 1. The first-order valence-electron chi connectivity index (χ1n) is 16.8. The molecule has 3 fully saturated rings. The van der Waals surface area contributed by atoms with Crippen molar-refractivity contribution in [3.8, 4) is 12.3 Å². The molecule has 0 aliphatic heterocycles. The average Bonchev–Trinajstić information content (AvgIpc) is 3.30. The zero-order valence-electron chi connectivity index (χ0n) is 27.6. The number of nitrogens with zero attached hydrogens (tertiary/aromatic N) is 1. The summed E-state index contributed by atoms with van der Waals surface area (Å²) in [5, 5.41) is 30.5. The number of amides is 2. The lowest BCUT2D eigenvalue weighted by Crippen LogP contribution is -2.54. The fourth-order valence-electron chi connectivity index (χ4n) is 9.13. The summed E-state index contributed by atoms with van der Waals surface area (Å²) >= 11 is 0. The van der Waals surface area contributed by atoms with Crippen LogP contribution in [0.25, 0.3) is 0 Å². The van der Waals surface area contributed by atoms with Crippen molar-refractivity contribution in [2.75, 3.05) is 6.61 Å². The van der Waals surface area contributed by atoms with E-state index in [9.17, 15) is 24.6 Å². The van der Waals surface area contributed by atoms with E-state index >= 15 is 0 Å². The maximum atomic E-state index is 13.1. The summed E-state index contributed by atoms with van der Waals surface area (Å²) in [6.45, 7) is 7.82. The van der Waals surface area contributed by atoms with Crippen molar-refractivity contribution in [3.63, 3.8) is 0 Å². The second-order valence-electron chi connectivity index (χ2n) is 14.7. The van der Waals surface area contributed by atoms with Crippen LogP contribution in [0.3, 0.4) is 0 Å². The molecule has 8 atom stereocenters. The molecule has 248 valence electrons. The van der Waals surface area contributed by atoms with E-state index in [1.165, 1.54) is 5.57 Å². The molecule has 0 spiro atoms. The molecule has 0 heterocycles. The topological polar surface area (TPSA) is 137 Å². The molecule has 1 aromatic carbocycles. The molecule has 0 unspecified atom stereocenters. The largest absolute Gasteiger partial charge is 0.480 e. The molecular formula is C37H49N3O6. The Bertz CT molecular complexity index is 1430. The third-order valence-electron chi connectivity index (χ3n) is 11.9. The van der Waals surface area contributed by atoms with E-state index in [1.54, 1.807) is 26.0 Å². The maximum absolute atomic E-state index is 13.1. The molecule has 0 radical (unpaired) electrons. The number of allylic oxidation sites excluding steroid dienone is 2. The van der Waals surface area contributed by atoms with Gasteiger partial charge in [0.15, 0.2) is 6.61 Å². The molecule has 2 amide bonds. The number of carboxylic acids is 1. The Hall–Kier alpha value is -3.64. The Labute approximate surface area is 272 Å². The van der Waals surface area contributed by atoms with Gasteiger partial charge in [-0.2, -0.15) is 0 Å². The number of carbonyl (C=O) groups is 3. The first-order valence-corrected chi connectivity index (χ1v) is 16.8. The minimum absolute atomic E-state index is 0.0731. The molecule has 0 saturated heterocycles. The van der Waals surface area contributed by atoms with Crippen LogP contribution in [0, 0.1) is 46.8 Å². The Morgan fingerprint density at radius 2 is 1.76 bits per heavy atom. The highest BCUT2D eigenvalue weighted by molar-refractivity contribution is 5.96. The molecule has 5 rings (SSSR count). The lowest BCUT2D eigenvalue weighted by molar-refractivity contribution is -0.142. The molecule has 4 N–H and O–H groups in total. The van der Waals surface area contributed by atoms with Crippen molar-refractivity contribution < 1.29 is 29.4 Å². The number of benzene rings is 1. The van der Waals surface area contributed by atoms with E-state index in [-0.39, 0.29) is 29.8 Å². The zero-order valence-corrected chi connectivity index (χ0v) is 27.6. The van der Waals surface area contributed by atoms with Crippen LogP contribution in [-0.2, 0) is 25.6 Å². The van der Waals surface area contributed by atoms with Gasteiger partial charge in [0.05, 0.1) is 5.71 Å². The number of carboxylic acid groups (broad SMARTS) is 1. The number of hydrogen-bond donors (Lipinski definition) is 4. The fourth-order valence-corrected chi connectivity index (χ4v) is 9.13. The van der Waals surface area contributed by atoms with E-state index in [4.69, 9.17) is 11.3 Å². The highest BCUT2D eigenvalue weighted by atomic mass is 16.6. The van der Waals surface area contributed by atoms with Gasteiger partial charge >= 0.3 is 5.97 Å². The Morgan fingerprint density at radius 1 is 1.04 bits per heavy atom. The first kappa shape index (κ1) is 33.7. The van der Waals surface area contributed by atoms with Crippen molar-refractivity contribution in [1.82, 2.24) is 10.6 Å². The monoisotopic (exact) mass is 631 g/mol. The molecule has 1 aromatic rings. The molecule has 9 heteroatoms. The summed E-state index contributed by atoms with van der Waals surface area (Å²) in [6, 6.07) is 7.02. The second-order valence-corrected chi connectivity index (χ2v) is 14.7. The van der Waals surface area contributed by atoms with E-state index in [2.05, 4.69) is 41.6 Å². The number of aliphatic hydroxyl groups is 1. The number of aliphatic carboxylic acids is 1. The van der Waals surface area contributed by atoms with Crippen molar-refractivity contribution in [3.05, 3.63) is 47.5 Å². The van der Waals surface area contributed by atoms with Crippen LogP contribution in [0.4, 0.5) is 0 Å². The van der Waals surface area contributed by atoms with Gasteiger partial charge in [0.25, 0.3) is 5.91 Å². The smallest absolute Gasteiger partial charge is 0.326 e. The lowest BCUT2D eigenvalue weighted by atomic mass is 9.46. The van der Waals surface area contributed by atoms with Crippen LogP contribution >= 0.6 is 0 Å². The molecular weight excluding hydrogens is 582 g/mol. The predicted octanol–water partition coefficient (Wildman–Crippen LogP) is 4.64. The van der Waals surface area contributed by atoms with Gasteiger partial charge in [0.2, 0.25) is 5.91 Å². The number of nitrogens with one attached hydrogen (secondary N) is 2. The number of hydrogen-bond acceptors (Lipinski definition) is 6. The van der Waals surface area contributed by atoms with E-state index in [1.807, 2.05) is 18.2 Å². The standard InChI is InChI=1S/C37H49N3O6/c1-6-37(45)19-16-29-27-13-12-25-21-26(14-17-35(25,4)28(27)15-18-36(29,37)5)40-46-22-31(41)39-32(23(2)3)33(42)38-30(34(43)44)20-24-10-8-7-9-11-24/h1,7-11,21,23,27-30,32,45H,12-20,22H2,2-5H3,(H,38,42)(H,39,41)(H,43,44)/t27-,28+,29-,30-,32+,35+,36+,37-/m1/s1. The van der Waals surface area contributed by atoms with E-state index in [0.29, 0.717) is 24.2 Å². The van der Waals surface area contributed by atoms with Crippen LogP contribution < -0.4 is 10.6 Å². The van der Waals surface area contributed by atoms with Crippen molar-refractivity contribution in [2.45, 2.75) is 103 Å². The van der Waals surface area contributed by atoms with Crippen LogP contribution in [0.1, 0.15) is 84.6 Å². The third-order valence-corrected chi connectivity index (χ3v) is 11.9. The van der Waals surface area contributed by atoms with Gasteiger partial charge in [-0.1, -0.05) is 74.7 Å². The van der Waals surface area contributed by atoms with Gasteiger partial charge in [-0.05, 0) is 92.1 Å². The maximum Gasteiger partial charge on any atom is 0.326 e. The molecule has 9 nitrogen and oxygen atoms in total. The zero-order chi connectivity index (χ0) is 33.3. The second kappa shape index (κ2) is 13.2. The van der Waals surface area contributed by atoms with Gasteiger partial charge in [-0.25, -0.2) is 4.79 Å². The quantitative estimate of drug-likeness (QED) is 0.219. The highest BCUT2D eigenvalue weighted by Crippen LogP contribution is 2.67. The van der Waals surface area contributed by atoms with Gasteiger partial charge < -0.3 is 25.7 Å². The van der Waals surface area contributed by atoms with Crippen LogP contribution in [0.2, 0.25) is 0 Å². The summed E-state index contributed by atoms with van der Waals surface area (Å²) in [5.74, 6) is 1.81. The van der Waals surface area contributed by atoms with Crippen molar-refractivity contribution >= 4 is 23.5 Å². The van der Waals surface area contributed by atoms with Gasteiger partial charge in [-0.3, -0.25) is 9.59 Å². The number of fused-ring (bicyclic) bond motifs is 5. The third kappa shape index (κ3) is 6.33. The summed E-state index contributed by atoms with van der Waals surface area (Å²) in [6.07, 6.45) is 15.6. The molecule has 46 heavy (non-hydrogen) atoms. The molecule has 3 saturated carbocycles. The Morgan fingerprint density at radius 3 is 2.43 bits per heavy atom. The summed E-state index contributed by atoms with van der Waals surface area (Å²) < 4.78 is 0. The van der Waals surface area contributed by atoms with E-state index < -0.39 is 35.5 Å². The van der Waals surface area contributed by atoms with Gasteiger partial charge in [-0.15, -0.1) is 6.42 Å². The molecule has 4 aliphatic carbocycles. The summed E-state index contributed by atoms with van der Waals surface area (Å²) in [5.41, 5.74) is 1.84. The minimum atomic E-state index is -1.15. The highest BCUT2D eigenvalue weighted by Gasteiger charge is 2.63. The Balaban J connectivity index is 1.16. The predicted molar refractivity (Wildman–Crippen MR) is 175 cm³/mol. The number of terminal acetylenes is 1. The fraction of sp³-hybridized carbons (Fsp3) is 0.622. The minimum Gasteiger partial charge on any atom is -0.480 e. The van der Waals surface area contributed by atoms with E-state index in [0.717, 1.165) is 56.2 Å². The number of rotatable bonds is 10. The molecule has 0 aromatic heterocycles. The van der Waals surface area contributed by atoms with Crippen molar-refractivity contribution in [2.24, 2.45) is 39.7 Å². The molecule has 4 aliphatic rings. The SMILES string of the molecule is C#C[C@@]1(O)CC[C@@H]2[C@@H]3CCC4=CC(=NOCC(=O)N[C@H](C(=O)N[C@H](Cc5ccccc5)C(=O)O)C(C)C)CC[C@]4(C)[C@H]3CC[C@@]21C. The Kier molecular flexibility index (Phi) is 9.70. The van der Waals surface area contributed by atoms with Gasteiger partial charge in [0, 0.05) is 11.8 Å². The van der Waals surface area contributed by atoms with Gasteiger partial charge in [0.1, 0.15) is 17.7 Å². The average molecular weight is 632 g/mol. The normalized spacial score (nSPS) is 33.8. The van der Waals surface area contributed by atoms with Crippen LogP contribution in [-0.4, -0.2) is 58.0 Å².